The van der Waals surface area contributed by atoms with Crippen LogP contribution in [0.5, 0.6) is 5.75 Å². The molecule has 0 saturated heterocycles. The van der Waals surface area contributed by atoms with E-state index >= 15 is 0 Å². The summed E-state index contributed by atoms with van der Waals surface area (Å²) in [5.41, 5.74) is -4.01. The predicted octanol–water partition coefficient (Wildman–Crippen LogP) is 5.21. The number of carboxylic acids is 1. The number of halogens is 6. The molecule has 1 amide bonds. The van der Waals surface area contributed by atoms with Crippen molar-refractivity contribution >= 4 is 29.5 Å². The third kappa shape index (κ3) is 7.99. The van der Waals surface area contributed by atoms with Gasteiger partial charge in [0.2, 0.25) is 12.2 Å². The number of carbonyl (C=O) groups excluding carboxylic acids is 3. The highest BCUT2D eigenvalue weighted by Crippen LogP contribution is 2.31. The zero-order valence-electron chi connectivity index (χ0n) is 21.2. The number of aliphatic carboxylic acids is 1. The van der Waals surface area contributed by atoms with Gasteiger partial charge in [0.15, 0.2) is 0 Å². The number of anilines is 1. The first-order valence-corrected chi connectivity index (χ1v) is 11.5. The molecule has 0 fully saturated rings. The summed E-state index contributed by atoms with van der Waals surface area (Å²) in [6, 6.07) is 10.9. The maximum atomic E-state index is 13.1. The van der Waals surface area contributed by atoms with Crippen LogP contribution in [0.15, 0.2) is 72.8 Å². The number of esters is 2. The van der Waals surface area contributed by atoms with Crippen LogP contribution in [0.4, 0.5) is 32.0 Å². The highest BCUT2D eigenvalue weighted by molar-refractivity contribution is 6.01. The smallest absolute Gasteiger partial charge is 0.416 e. The molecule has 3 rings (SSSR count). The molecule has 0 unspecified atom stereocenters. The van der Waals surface area contributed by atoms with Crippen LogP contribution in [0, 0.1) is 0 Å². The van der Waals surface area contributed by atoms with E-state index in [2.05, 4.69) is 5.32 Å². The van der Waals surface area contributed by atoms with Crippen molar-refractivity contribution in [1.29, 1.82) is 0 Å². The number of amides is 1. The summed E-state index contributed by atoms with van der Waals surface area (Å²) >= 11 is 0. The lowest BCUT2D eigenvalue weighted by Crippen LogP contribution is -2.48. The molecule has 0 aliphatic carbocycles. The summed E-state index contributed by atoms with van der Waals surface area (Å²) in [6.07, 6.45) is -14.9. The van der Waals surface area contributed by atoms with Crippen molar-refractivity contribution in [1.82, 2.24) is 0 Å². The monoisotopic (exact) mass is 599 g/mol. The third-order valence-corrected chi connectivity index (χ3v) is 5.45. The lowest BCUT2D eigenvalue weighted by Gasteiger charge is -2.24. The molecular formula is C27H19F6NO8. The van der Waals surface area contributed by atoms with Gasteiger partial charge in [-0.3, -0.25) is 4.79 Å². The Balaban J connectivity index is 1.96. The van der Waals surface area contributed by atoms with Gasteiger partial charge in [-0.05, 0) is 60.7 Å². The molecule has 0 radical (unpaired) electrons. The van der Waals surface area contributed by atoms with Crippen LogP contribution < -0.4 is 10.1 Å². The maximum absolute atomic E-state index is 13.1. The summed E-state index contributed by atoms with van der Waals surface area (Å²) < 4.78 is 93.3. The van der Waals surface area contributed by atoms with E-state index in [-0.39, 0.29) is 5.69 Å². The molecule has 2 N–H and O–H groups in total. The summed E-state index contributed by atoms with van der Waals surface area (Å²) in [6.45, 7) is 0. The Morgan fingerprint density at radius 2 is 1.17 bits per heavy atom. The van der Waals surface area contributed by atoms with Crippen LogP contribution in [0.2, 0.25) is 0 Å². The van der Waals surface area contributed by atoms with Crippen molar-refractivity contribution in [3.05, 3.63) is 95.1 Å². The standard InChI is InChI=1S/C27H19F6NO8/c1-40-19-10-8-18(9-11-19)34-22(35)20(41-24(38)14-4-2-6-16(12-14)26(28,29)30)21(23(36)37)42-25(39)15-5-3-7-17(13-15)27(31,32)33/h2-13,20-21H,1H3,(H,34,35)(H,36,37)/t20-,21+/m0/s1. The topological polar surface area (TPSA) is 128 Å². The van der Waals surface area contributed by atoms with E-state index < -0.39 is 70.6 Å². The Hall–Kier alpha value is -5.08. The molecule has 0 saturated carbocycles. The zero-order valence-corrected chi connectivity index (χ0v) is 21.2. The van der Waals surface area contributed by atoms with Crippen molar-refractivity contribution in [2.75, 3.05) is 12.4 Å². The van der Waals surface area contributed by atoms with E-state index in [1.54, 1.807) is 0 Å². The molecule has 3 aromatic rings. The molecule has 222 valence electrons. The number of ether oxygens (including phenoxy) is 3. The Labute approximate surface area is 232 Å². The minimum absolute atomic E-state index is 0.00858. The fourth-order valence-electron chi connectivity index (χ4n) is 3.39. The van der Waals surface area contributed by atoms with Crippen LogP contribution in [-0.4, -0.2) is 48.2 Å². The first-order valence-electron chi connectivity index (χ1n) is 11.5. The van der Waals surface area contributed by atoms with Crippen LogP contribution in [-0.2, 0) is 31.4 Å². The fraction of sp³-hybridized carbons (Fsp3) is 0.185. The van der Waals surface area contributed by atoms with E-state index in [4.69, 9.17) is 14.2 Å². The van der Waals surface area contributed by atoms with Crippen molar-refractivity contribution in [2.45, 2.75) is 24.6 Å². The average molecular weight is 599 g/mol. The number of nitrogens with one attached hydrogen (secondary N) is 1. The molecule has 0 aromatic heterocycles. The second-order valence-electron chi connectivity index (χ2n) is 8.36. The van der Waals surface area contributed by atoms with Crippen molar-refractivity contribution in [3.63, 3.8) is 0 Å². The first kappa shape index (κ1) is 31.4. The van der Waals surface area contributed by atoms with Crippen LogP contribution in [0.1, 0.15) is 31.8 Å². The van der Waals surface area contributed by atoms with Gasteiger partial charge in [0.05, 0.1) is 29.4 Å². The molecule has 0 spiro atoms. The van der Waals surface area contributed by atoms with Crippen LogP contribution in [0.25, 0.3) is 0 Å². The number of alkyl halides is 6. The lowest BCUT2D eigenvalue weighted by atomic mass is 10.1. The molecular weight excluding hydrogens is 580 g/mol. The minimum Gasteiger partial charge on any atom is -0.497 e. The van der Waals surface area contributed by atoms with Gasteiger partial charge in [0, 0.05) is 5.69 Å². The largest absolute Gasteiger partial charge is 0.497 e. The summed E-state index contributed by atoms with van der Waals surface area (Å²) in [5, 5.41) is 12.0. The van der Waals surface area contributed by atoms with Gasteiger partial charge in [0.25, 0.3) is 5.91 Å². The molecule has 42 heavy (non-hydrogen) atoms. The molecule has 0 aliphatic heterocycles. The molecule has 0 bridgehead atoms. The van der Waals surface area contributed by atoms with Crippen molar-refractivity contribution in [3.8, 4) is 5.75 Å². The van der Waals surface area contributed by atoms with E-state index in [0.717, 1.165) is 24.3 Å². The third-order valence-electron chi connectivity index (χ3n) is 5.45. The average Bonchev–Trinajstić information content (AvgIpc) is 2.94. The van der Waals surface area contributed by atoms with Crippen molar-refractivity contribution in [2.24, 2.45) is 0 Å². The van der Waals surface area contributed by atoms with E-state index in [1.165, 1.54) is 31.4 Å². The molecule has 0 aliphatic rings. The van der Waals surface area contributed by atoms with Crippen LogP contribution in [0.3, 0.4) is 0 Å². The van der Waals surface area contributed by atoms with Crippen molar-refractivity contribution < 1.29 is 64.8 Å². The Morgan fingerprint density at radius 3 is 1.57 bits per heavy atom. The maximum Gasteiger partial charge on any atom is 0.416 e. The van der Waals surface area contributed by atoms with Gasteiger partial charge in [-0.15, -0.1) is 0 Å². The van der Waals surface area contributed by atoms with E-state index in [0.29, 0.717) is 30.0 Å². The van der Waals surface area contributed by atoms with E-state index in [1.807, 2.05) is 0 Å². The highest BCUT2D eigenvalue weighted by atomic mass is 19.4. The Bertz CT molecular complexity index is 1470. The second-order valence-corrected chi connectivity index (χ2v) is 8.36. The number of methoxy groups -OCH3 is 1. The number of benzene rings is 3. The quantitative estimate of drug-likeness (QED) is 0.254. The molecule has 15 heteroatoms. The SMILES string of the molecule is COc1ccc(NC(=O)[C@@H](OC(=O)c2cccc(C(F)(F)F)c2)[C@@H](OC(=O)c2cccc(C(F)(F)F)c2)C(=O)O)cc1. The van der Waals surface area contributed by atoms with Gasteiger partial charge in [0.1, 0.15) is 5.75 Å². The summed E-state index contributed by atoms with van der Waals surface area (Å²) in [4.78, 5) is 50.6. The number of rotatable bonds is 9. The van der Waals surface area contributed by atoms with Gasteiger partial charge in [-0.1, -0.05) is 12.1 Å². The van der Waals surface area contributed by atoms with Gasteiger partial charge >= 0.3 is 30.3 Å². The lowest BCUT2D eigenvalue weighted by molar-refractivity contribution is -0.157. The fourth-order valence-corrected chi connectivity index (χ4v) is 3.39. The number of carbonyl (C=O) groups is 4. The summed E-state index contributed by atoms with van der Waals surface area (Å²) in [5.74, 6) is -6.34. The van der Waals surface area contributed by atoms with E-state index in [9.17, 15) is 50.6 Å². The normalized spacial score (nSPS) is 12.9. The second kappa shape index (κ2) is 12.6. The Kier molecular flexibility index (Phi) is 9.45. The first-order chi connectivity index (χ1) is 19.6. The van der Waals surface area contributed by atoms with Crippen LogP contribution >= 0.6 is 0 Å². The molecule has 3 aromatic carbocycles. The Morgan fingerprint density at radius 1 is 0.714 bits per heavy atom. The predicted molar refractivity (Wildman–Crippen MR) is 131 cm³/mol. The minimum atomic E-state index is -4.87. The van der Waals surface area contributed by atoms with Gasteiger partial charge in [-0.25, -0.2) is 14.4 Å². The zero-order chi connectivity index (χ0) is 31.2. The number of hydrogen-bond donors (Lipinski definition) is 2. The summed E-state index contributed by atoms with van der Waals surface area (Å²) in [7, 11) is 1.35. The highest BCUT2D eigenvalue weighted by Gasteiger charge is 2.42. The van der Waals surface area contributed by atoms with Gasteiger partial charge < -0.3 is 24.6 Å². The number of carboxylic acid groups (broad SMARTS) is 1. The van der Waals surface area contributed by atoms with Gasteiger partial charge in [-0.2, -0.15) is 26.3 Å². The number of hydrogen-bond acceptors (Lipinski definition) is 7. The molecule has 0 heterocycles. The molecule has 2 atom stereocenters. The molecule has 9 nitrogen and oxygen atoms in total.